The molecule has 4 amide bonds. The third-order valence-corrected chi connectivity index (χ3v) is 23.0. The molecule has 584 valence electrons. The Balaban J connectivity index is 0.000000117. The standard InChI is InChI=1S/C25H19N3O3.C25H22N2O4.C23H20N2O3.C21H20N2O3.2H2/c29-24(25(10-11-25)18-7-8-20-21(13-18)31-15-30-20)28-22-9-6-17(14-27-22)19-5-1-3-16-4-2-12-26-23(16)19;1-26-24(29)17-7-5-16(6-8-17)20-4-2-3-19(27-20)14-23(28)25(11-12-25)18-9-10-21-22(13-18)31-15-30-21;1-15-5-7-16(8-6-15)18-3-2-4-21(24-18)25-22(26)23(11-12-23)17-9-10-19-20(13-17)28-14-27-19;24-20(23-19-7-3-6-16(22-19)14-4-1-2-5-14)21(10-11-21)15-8-9-17-18(12-15)26-13-25-17;;/h1-9,12-14H,10-11,15H2,(H,27,28,29);2-10,13H,11-12,14-15H2,1H3,(H,26,29);2-10,13H,11-12,14H2,1H3,(H,24,25,26);3-4,6-9,12H,1-2,5,10-11,13H2,(H,22,23,24);2*1H. The molecule has 0 radical (unpaired) electrons. The van der Waals surface area contributed by atoms with Crippen molar-refractivity contribution in [2.75, 3.05) is 50.2 Å². The first-order valence-electron chi connectivity index (χ1n) is 39.1. The van der Waals surface area contributed by atoms with Crippen molar-refractivity contribution in [3.63, 3.8) is 0 Å². The van der Waals surface area contributed by atoms with Crippen molar-refractivity contribution in [1.82, 2.24) is 30.2 Å². The highest BCUT2D eigenvalue weighted by atomic mass is 16.7. The van der Waals surface area contributed by atoms with Crippen molar-refractivity contribution in [1.29, 1.82) is 0 Å². The number of anilines is 3. The van der Waals surface area contributed by atoms with E-state index in [1.807, 2.05) is 194 Å². The predicted octanol–water partition coefficient (Wildman–Crippen LogP) is 17.4. The lowest BCUT2D eigenvalue weighted by atomic mass is 9.88. The number of amides is 4. The second kappa shape index (κ2) is 31.0. The van der Waals surface area contributed by atoms with E-state index < -0.39 is 21.7 Å². The van der Waals surface area contributed by atoms with E-state index in [9.17, 15) is 24.0 Å². The van der Waals surface area contributed by atoms with Crippen LogP contribution in [-0.4, -0.2) is 88.6 Å². The van der Waals surface area contributed by atoms with E-state index >= 15 is 0 Å². The minimum absolute atomic E-state index is 0. The van der Waals surface area contributed by atoms with Crippen LogP contribution in [0.1, 0.15) is 123 Å². The van der Waals surface area contributed by atoms with Gasteiger partial charge in [-0.25, -0.2) is 15.0 Å². The van der Waals surface area contributed by atoms with Crippen LogP contribution in [0.2, 0.25) is 0 Å². The molecule has 7 aromatic carbocycles. The Morgan fingerprint density at radius 1 is 0.414 bits per heavy atom. The molecule has 0 atom stereocenters. The number of para-hydroxylation sites is 1. The largest absolute Gasteiger partial charge is 0.454 e. The molecule has 0 unspecified atom stereocenters. The molecular weight excluding hydrogens is 1460 g/mol. The van der Waals surface area contributed by atoms with Crippen molar-refractivity contribution >= 4 is 63.3 Å². The van der Waals surface area contributed by atoms with Crippen molar-refractivity contribution in [2.45, 2.75) is 106 Å². The first-order chi connectivity index (χ1) is 56.7. The average Bonchev–Trinajstić information content (AvgIpc) is 1.60. The monoisotopic (exact) mass is 1550 g/mol. The first-order valence-corrected chi connectivity index (χ1v) is 39.1. The van der Waals surface area contributed by atoms with Gasteiger partial charge in [0.25, 0.3) is 5.91 Å². The summed E-state index contributed by atoms with van der Waals surface area (Å²) in [5.74, 6) is 7.44. The fourth-order valence-electron chi connectivity index (χ4n) is 15.6. The summed E-state index contributed by atoms with van der Waals surface area (Å²) in [5, 5.41) is 12.7. The van der Waals surface area contributed by atoms with Gasteiger partial charge in [0.15, 0.2) is 46.0 Å². The number of carbonyl (C=O) groups excluding carboxylic acids is 5. The summed E-state index contributed by atoms with van der Waals surface area (Å²) in [6.45, 7) is 2.97. The Morgan fingerprint density at radius 2 is 0.853 bits per heavy atom. The van der Waals surface area contributed by atoms with Gasteiger partial charge in [0.1, 0.15) is 23.2 Å². The van der Waals surface area contributed by atoms with Crippen LogP contribution in [0.4, 0.5) is 17.5 Å². The van der Waals surface area contributed by atoms with E-state index in [-0.39, 0.29) is 65.9 Å². The van der Waals surface area contributed by atoms with Gasteiger partial charge >= 0.3 is 0 Å². The zero-order valence-electron chi connectivity index (χ0n) is 63.9. The Morgan fingerprint density at radius 3 is 1.34 bits per heavy atom. The molecule has 0 saturated heterocycles. The zero-order chi connectivity index (χ0) is 79.0. The molecule has 4 saturated carbocycles. The number of hydrogen-bond donors (Lipinski definition) is 4. The molecule has 21 rings (SSSR count). The number of pyridine rings is 5. The average molecular weight is 1550 g/mol. The van der Waals surface area contributed by atoms with Gasteiger partial charge < -0.3 is 59.2 Å². The topological polar surface area (TPSA) is 272 Å². The first kappa shape index (κ1) is 73.7. The highest BCUT2D eigenvalue weighted by molar-refractivity contribution is 6.03. The lowest BCUT2D eigenvalue weighted by molar-refractivity contribution is -0.121. The number of nitrogens with zero attached hydrogens (tertiary/aromatic N) is 5. The van der Waals surface area contributed by atoms with Gasteiger partial charge in [0.2, 0.25) is 44.9 Å². The number of aryl methyl sites for hydroxylation is 1. The van der Waals surface area contributed by atoms with Crippen LogP contribution in [0.5, 0.6) is 46.0 Å². The predicted molar refractivity (Wildman–Crippen MR) is 441 cm³/mol. The third kappa shape index (κ3) is 15.0. The quantitative estimate of drug-likeness (QED) is 0.0621. The van der Waals surface area contributed by atoms with Crippen molar-refractivity contribution in [3.8, 4) is 79.6 Å². The summed E-state index contributed by atoms with van der Waals surface area (Å²) >= 11 is 0. The maximum Gasteiger partial charge on any atom is 0.251 e. The Hall–Kier alpha value is -13.8. The van der Waals surface area contributed by atoms with E-state index in [0.717, 1.165) is 171 Å². The lowest BCUT2D eigenvalue weighted by Gasteiger charge is -2.16. The van der Waals surface area contributed by atoms with Crippen LogP contribution in [0.3, 0.4) is 0 Å². The number of aromatic nitrogens is 5. The van der Waals surface area contributed by atoms with E-state index in [2.05, 4.69) is 66.3 Å². The number of rotatable bonds is 18. The highest BCUT2D eigenvalue weighted by Gasteiger charge is 2.55. The van der Waals surface area contributed by atoms with Gasteiger partial charge in [-0.05, 0) is 221 Å². The number of hydrogen-bond acceptors (Lipinski definition) is 18. The van der Waals surface area contributed by atoms with Gasteiger partial charge in [-0.15, -0.1) is 0 Å². The molecule has 5 aromatic heterocycles. The Labute approximate surface area is 672 Å². The molecule has 116 heavy (non-hydrogen) atoms. The molecule has 12 aromatic rings. The molecule has 9 heterocycles. The molecule has 22 nitrogen and oxygen atoms in total. The van der Waals surface area contributed by atoms with Gasteiger partial charge in [-0.1, -0.05) is 115 Å². The number of nitrogens with one attached hydrogen (secondary N) is 4. The fraction of sp³-hybridized carbons (Fsp3) is 0.234. The summed E-state index contributed by atoms with van der Waals surface area (Å²) < 4.78 is 43.4. The Bertz CT molecular complexity index is 5890. The molecular formula is C94H85N9O13. The maximum absolute atomic E-state index is 13.2. The van der Waals surface area contributed by atoms with E-state index in [1.54, 1.807) is 31.6 Å². The van der Waals surface area contributed by atoms with Gasteiger partial charge in [-0.3, -0.25) is 33.9 Å². The molecule has 5 aliphatic carbocycles. The third-order valence-electron chi connectivity index (χ3n) is 23.0. The van der Waals surface area contributed by atoms with E-state index in [0.29, 0.717) is 40.3 Å². The number of ketones is 1. The minimum Gasteiger partial charge on any atom is -0.454 e. The number of ether oxygens (including phenoxy) is 8. The Kier molecular flexibility index (Phi) is 19.7. The summed E-state index contributed by atoms with van der Waals surface area (Å²) in [6.07, 6.45) is 16.0. The van der Waals surface area contributed by atoms with Crippen LogP contribution in [0.25, 0.3) is 50.1 Å². The van der Waals surface area contributed by atoms with Crippen molar-refractivity contribution < 1.29 is 64.7 Å². The second-order valence-electron chi connectivity index (χ2n) is 30.4. The summed E-state index contributed by atoms with van der Waals surface area (Å²) in [4.78, 5) is 87.1. The number of fused-ring (bicyclic) bond motifs is 5. The molecule has 4 aliphatic heterocycles. The van der Waals surface area contributed by atoms with Crippen molar-refractivity contribution in [2.24, 2.45) is 0 Å². The molecule has 4 N–H and O–H groups in total. The zero-order valence-corrected chi connectivity index (χ0v) is 63.9. The van der Waals surface area contributed by atoms with Crippen LogP contribution in [0.15, 0.2) is 237 Å². The van der Waals surface area contributed by atoms with Gasteiger partial charge in [0.05, 0.1) is 44.3 Å². The van der Waals surface area contributed by atoms with Crippen LogP contribution in [-0.2, 0) is 47.3 Å². The van der Waals surface area contributed by atoms with Crippen molar-refractivity contribution in [3.05, 3.63) is 282 Å². The maximum atomic E-state index is 13.2. The van der Waals surface area contributed by atoms with E-state index in [4.69, 9.17) is 42.9 Å². The smallest absolute Gasteiger partial charge is 0.251 e. The molecule has 22 heteroatoms. The number of benzene rings is 7. The highest BCUT2D eigenvalue weighted by Crippen LogP contribution is 2.55. The second-order valence-corrected chi connectivity index (χ2v) is 30.4. The van der Waals surface area contributed by atoms with Gasteiger partial charge in [-0.2, -0.15) is 0 Å². The summed E-state index contributed by atoms with van der Waals surface area (Å²) in [5.41, 5.74) is 13.1. The number of Topliss-reactive ketones (excluding diaryl/α,β-unsaturated/α-hetero) is 1. The number of carbonyl (C=O) groups is 5. The summed E-state index contributed by atoms with van der Waals surface area (Å²) in [6, 6.07) is 69.6. The normalized spacial score (nSPS) is 16.4. The summed E-state index contributed by atoms with van der Waals surface area (Å²) in [7, 11) is 1.61. The van der Waals surface area contributed by atoms with Crippen LogP contribution >= 0.6 is 0 Å². The van der Waals surface area contributed by atoms with E-state index in [1.165, 1.54) is 17.6 Å². The molecule has 4 fully saturated rings. The van der Waals surface area contributed by atoms with Crippen LogP contribution < -0.4 is 59.2 Å². The minimum atomic E-state index is -0.527. The van der Waals surface area contributed by atoms with Crippen LogP contribution in [0, 0.1) is 6.92 Å². The SMILES string of the molecule is CNC(=O)c1ccc(-c2cccc(CC(=O)C3(c4ccc5c(c4)OCO5)CC3)n2)cc1.Cc1ccc(-c2cccc(NC(=O)C3(c4ccc5c(c4)OCO5)CC3)n2)cc1.O=C(Nc1ccc(-c2cccc3cccnc23)cn1)C1(c2ccc3c(c2)OCO3)CC1.O=C(Nc1cccc(C2=CCCC2)n1)C1(c2ccc3c(c2)OCO3)CC1.[HH].[HH]. The lowest BCUT2D eigenvalue weighted by Crippen LogP contribution is -2.28. The molecule has 0 spiro atoms. The number of allylic oxidation sites excluding steroid dienone is 2. The fourth-order valence-corrected chi connectivity index (χ4v) is 15.6. The van der Waals surface area contributed by atoms with Gasteiger partial charge in [0, 0.05) is 67.6 Å². The molecule has 0 bridgehead atoms. The molecule has 9 aliphatic rings.